The number of hydrogen-bond donors (Lipinski definition) is 0. The first-order valence-corrected chi connectivity index (χ1v) is 5.95. The van der Waals surface area contributed by atoms with Gasteiger partial charge in [0, 0.05) is 6.10 Å². The van der Waals surface area contributed by atoms with Gasteiger partial charge in [-0.3, -0.25) is 0 Å². The predicted octanol–water partition coefficient (Wildman–Crippen LogP) is 1.89. The summed E-state index contributed by atoms with van der Waals surface area (Å²) in [6, 6.07) is 0. The molecule has 0 saturated heterocycles. The summed E-state index contributed by atoms with van der Waals surface area (Å²) in [6.45, 7) is 7.03. The Balaban J connectivity index is 2.65. The van der Waals surface area contributed by atoms with Crippen molar-refractivity contribution in [3.63, 3.8) is 0 Å². The molecule has 3 unspecified atom stereocenters. The van der Waals surface area contributed by atoms with E-state index in [0.717, 1.165) is 16.4 Å². The molecule has 12 heavy (non-hydrogen) atoms. The van der Waals surface area contributed by atoms with Crippen molar-refractivity contribution < 1.29 is 4.43 Å². The normalized spacial score (nSPS) is 39.8. The van der Waals surface area contributed by atoms with Crippen LogP contribution in [-0.2, 0) is 4.43 Å². The van der Waals surface area contributed by atoms with E-state index in [-0.39, 0.29) is 0 Å². The Kier molecular flexibility index (Phi) is 3.35. The molecule has 2 heteroatoms. The summed E-state index contributed by atoms with van der Waals surface area (Å²) >= 11 is 0. The van der Waals surface area contributed by atoms with Crippen molar-refractivity contribution in [1.82, 2.24) is 0 Å². The predicted molar refractivity (Wildman–Crippen MR) is 56.2 cm³/mol. The standard InChI is InChI=1S/C10H22OSi/c1-8-6-4-5-7-10(8,3)9(2)11-12/h8-9H,4-7H2,1-3,12H3. The maximum atomic E-state index is 5.60. The fourth-order valence-electron chi connectivity index (χ4n) is 2.41. The third kappa shape index (κ3) is 1.74. The zero-order chi connectivity index (χ0) is 9.19. The Hall–Kier alpha value is 0.177. The molecule has 3 atom stereocenters. The maximum Gasteiger partial charge on any atom is 0.146 e. The monoisotopic (exact) mass is 186 g/mol. The second-order valence-corrected chi connectivity index (χ2v) is 5.00. The van der Waals surface area contributed by atoms with E-state index < -0.39 is 0 Å². The van der Waals surface area contributed by atoms with Crippen LogP contribution < -0.4 is 0 Å². The molecule has 1 aliphatic carbocycles. The van der Waals surface area contributed by atoms with Gasteiger partial charge in [-0.15, -0.1) is 0 Å². The van der Waals surface area contributed by atoms with Gasteiger partial charge in [-0.2, -0.15) is 0 Å². The lowest BCUT2D eigenvalue weighted by Crippen LogP contribution is -2.39. The van der Waals surface area contributed by atoms with E-state index in [1.54, 1.807) is 0 Å². The molecule has 0 N–H and O–H groups in total. The molecule has 1 nitrogen and oxygen atoms in total. The molecule has 0 bridgehead atoms. The van der Waals surface area contributed by atoms with Crippen LogP contribution in [0.3, 0.4) is 0 Å². The van der Waals surface area contributed by atoms with Crippen LogP contribution in [0.15, 0.2) is 0 Å². The molecule has 72 valence electrons. The lowest BCUT2D eigenvalue weighted by Gasteiger charge is -2.43. The zero-order valence-corrected chi connectivity index (χ0v) is 10.9. The van der Waals surface area contributed by atoms with Crippen molar-refractivity contribution in [3.05, 3.63) is 0 Å². The van der Waals surface area contributed by atoms with Crippen molar-refractivity contribution in [2.24, 2.45) is 11.3 Å². The van der Waals surface area contributed by atoms with Crippen LogP contribution in [0.1, 0.15) is 46.5 Å². The quantitative estimate of drug-likeness (QED) is 0.598. The van der Waals surface area contributed by atoms with E-state index in [1.807, 2.05) is 0 Å². The maximum absolute atomic E-state index is 5.60. The second kappa shape index (κ2) is 3.92. The van der Waals surface area contributed by atoms with Gasteiger partial charge in [0.05, 0.1) is 0 Å². The van der Waals surface area contributed by atoms with Gasteiger partial charge in [0.15, 0.2) is 0 Å². The highest BCUT2D eigenvalue weighted by atomic mass is 28.2. The van der Waals surface area contributed by atoms with Gasteiger partial charge in [-0.05, 0) is 24.7 Å². The van der Waals surface area contributed by atoms with Crippen molar-refractivity contribution in [2.45, 2.75) is 52.6 Å². The van der Waals surface area contributed by atoms with Gasteiger partial charge in [0.25, 0.3) is 0 Å². The SMILES string of the molecule is CC1CCCCC1(C)C(C)O[SiH3]. The molecule has 0 aromatic heterocycles. The van der Waals surface area contributed by atoms with Crippen LogP contribution >= 0.6 is 0 Å². The summed E-state index contributed by atoms with van der Waals surface area (Å²) in [5, 5.41) is 0. The van der Waals surface area contributed by atoms with Gasteiger partial charge in [0.2, 0.25) is 0 Å². The molecule has 0 aliphatic heterocycles. The van der Waals surface area contributed by atoms with Crippen LogP contribution in [0.5, 0.6) is 0 Å². The van der Waals surface area contributed by atoms with Crippen molar-refractivity contribution in [2.75, 3.05) is 0 Å². The molecular weight excluding hydrogens is 164 g/mol. The average Bonchev–Trinajstić information content (AvgIpc) is 2.09. The minimum Gasteiger partial charge on any atom is -0.425 e. The summed E-state index contributed by atoms with van der Waals surface area (Å²) in [5.41, 5.74) is 0.458. The minimum atomic E-state index is 0.458. The highest BCUT2D eigenvalue weighted by Crippen LogP contribution is 2.44. The van der Waals surface area contributed by atoms with Gasteiger partial charge < -0.3 is 4.43 Å². The van der Waals surface area contributed by atoms with E-state index in [1.165, 1.54) is 25.7 Å². The molecule has 0 spiro atoms. The molecular formula is C10H22OSi. The fraction of sp³-hybridized carbons (Fsp3) is 1.00. The summed E-state index contributed by atoms with van der Waals surface area (Å²) in [5.74, 6) is 0.843. The molecule has 1 aliphatic rings. The van der Waals surface area contributed by atoms with Gasteiger partial charge in [0.1, 0.15) is 10.5 Å². The van der Waals surface area contributed by atoms with Crippen molar-refractivity contribution in [3.8, 4) is 0 Å². The van der Waals surface area contributed by atoms with E-state index in [0.29, 0.717) is 11.5 Å². The molecule has 0 aromatic carbocycles. The summed E-state index contributed by atoms with van der Waals surface area (Å²) < 4.78 is 5.60. The smallest absolute Gasteiger partial charge is 0.146 e. The largest absolute Gasteiger partial charge is 0.425 e. The Morgan fingerprint density at radius 1 is 1.50 bits per heavy atom. The highest BCUT2D eigenvalue weighted by Gasteiger charge is 2.38. The third-order valence-corrected chi connectivity index (χ3v) is 4.72. The fourth-order valence-corrected chi connectivity index (χ4v) is 2.94. The lowest BCUT2D eigenvalue weighted by atomic mass is 9.65. The van der Waals surface area contributed by atoms with Crippen molar-refractivity contribution in [1.29, 1.82) is 0 Å². The minimum absolute atomic E-state index is 0.458. The number of rotatable bonds is 2. The Bertz CT molecular complexity index is 143. The molecule has 0 amide bonds. The summed E-state index contributed by atoms with van der Waals surface area (Å²) in [6.07, 6.45) is 6.05. The Labute approximate surface area is 79.4 Å². The molecule has 0 radical (unpaired) electrons. The zero-order valence-electron chi connectivity index (χ0n) is 8.89. The highest BCUT2D eigenvalue weighted by molar-refractivity contribution is 5.98. The van der Waals surface area contributed by atoms with Gasteiger partial charge in [-0.25, -0.2) is 0 Å². The van der Waals surface area contributed by atoms with E-state index >= 15 is 0 Å². The Morgan fingerprint density at radius 3 is 2.67 bits per heavy atom. The average molecular weight is 186 g/mol. The first kappa shape index (κ1) is 10.3. The molecule has 1 saturated carbocycles. The first-order valence-electron chi connectivity index (χ1n) is 5.14. The first-order chi connectivity index (χ1) is 5.61. The van der Waals surface area contributed by atoms with Crippen LogP contribution in [0, 0.1) is 11.3 Å². The van der Waals surface area contributed by atoms with Crippen LogP contribution in [-0.4, -0.2) is 16.6 Å². The van der Waals surface area contributed by atoms with Crippen LogP contribution in [0.4, 0.5) is 0 Å². The molecule has 1 rings (SSSR count). The number of hydrogen-bond acceptors (Lipinski definition) is 1. The topological polar surface area (TPSA) is 9.23 Å². The van der Waals surface area contributed by atoms with Crippen LogP contribution in [0.2, 0.25) is 0 Å². The summed E-state index contributed by atoms with van der Waals surface area (Å²) in [7, 11) is 0.881. The second-order valence-electron chi connectivity index (χ2n) is 4.53. The van der Waals surface area contributed by atoms with E-state index in [9.17, 15) is 0 Å². The molecule has 0 aromatic rings. The molecule has 0 heterocycles. The Morgan fingerprint density at radius 2 is 2.17 bits per heavy atom. The third-order valence-electron chi connectivity index (χ3n) is 4.01. The molecule has 1 fully saturated rings. The summed E-state index contributed by atoms with van der Waals surface area (Å²) in [4.78, 5) is 0. The van der Waals surface area contributed by atoms with Gasteiger partial charge >= 0.3 is 0 Å². The van der Waals surface area contributed by atoms with Gasteiger partial charge in [-0.1, -0.05) is 33.1 Å². The van der Waals surface area contributed by atoms with Crippen molar-refractivity contribution >= 4 is 10.5 Å². The van der Waals surface area contributed by atoms with E-state index in [2.05, 4.69) is 20.8 Å². The lowest BCUT2D eigenvalue weighted by molar-refractivity contribution is 0.00444. The van der Waals surface area contributed by atoms with Crippen LogP contribution in [0.25, 0.3) is 0 Å². The van der Waals surface area contributed by atoms with E-state index in [4.69, 9.17) is 4.43 Å².